The monoisotopic (exact) mass is 411 g/mol. The lowest BCUT2D eigenvalue weighted by Crippen LogP contribution is -2.23. The van der Waals surface area contributed by atoms with Crippen LogP contribution < -0.4 is 5.32 Å². The second kappa shape index (κ2) is 7.64. The van der Waals surface area contributed by atoms with Crippen molar-refractivity contribution >= 4 is 28.7 Å². The number of aromatic nitrogens is 4. The molecule has 29 heavy (non-hydrogen) atoms. The molecule has 0 fully saturated rings. The molecule has 3 aromatic heterocycles. The molecule has 4 aromatic rings. The summed E-state index contributed by atoms with van der Waals surface area (Å²) in [6.45, 7) is 3.29. The van der Waals surface area contributed by atoms with Gasteiger partial charge >= 0.3 is 0 Å². The molecule has 0 radical (unpaired) electrons. The number of fused-ring (bicyclic) bond motifs is 1. The van der Waals surface area contributed by atoms with Gasteiger partial charge in [0.1, 0.15) is 21.7 Å². The molecule has 0 unspecified atom stereocenters. The molecule has 0 bridgehead atoms. The molecule has 0 spiro atoms. The van der Waals surface area contributed by atoms with Crippen LogP contribution in [0.3, 0.4) is 0 Å². The van der Waals surface area contributed by atoms with Gasteiger partial charge in [0.05, 0.1) is 18.3 Å². The lowest BCUT2D eigenvalue weighted by molar-refractivity contribution is 0.0527. The number of carbonyl (C=O) groups is 1. The van der Waals surface area contributed by atoms with E-state index in [4.69, 9.17) is 9.05 Å². The fourth-order valence-corrected chi connectivity index (χ4v) is 3.42. The normalized spacial score (nSPS) is 11.7. The minimum Gasteiger partial charge on any atom is -0.441 e. The lowest BCUT2D eigenvalue weighted by Gasteiger charge is -2.12. The number of amides is 1. The van der Waals surface area contributed by atoms with Crippen LogP contribution >= 0.6 is 11.8 Å². The predicted octanol–water partition coefficient (Wildman–Crippen LogP) is 2.91. The van der Waals surface area contributed by atoms with Gasteiger partial charge in [0.25, 0.3) is 5.91 Å². The Labute approximate surface area is 169 Å². The summed E-state index contributed by atoms with van der Waals surface area (Å²) >= 11 is 1.34. The molecule has 10 heteroatoms. The number of carbonyl (C=O) groups excluding carboxylic acids is 1. The standard InChI is InChI=1S/C19H17N5O4S/c1-19(2,26)15-9-21-16(27-15)10-22-17(25)12-4-3-7-20-18(12)29-11-5-6-13-14(8-11)24-28-23-13/h3-9,26H,10H2,1-2H3,(H,22,25). The Kier molecular flexibility index (Phi) is 5.03. The zero-order valence-corrected chi connectivity index (χ0v) is 16.4. The first-order valence-corrected chi connectivity index (χ1v) is 9.53. The van der Waals surface area contributed by atoms with Gasteiger partial charge in [-0.1, -0.05) is 11.8 Å². The molecule has 0 saturated heterocycles. The van der Waals surface area contributed by atoms with Gasteiger partial charge in [0.15, 0.2) is 5.76 Å². The Balaban J connectivity index is 1.48. The number of aliphatic hydroxyl groups is 1. The maximum absolute atomic E-state index is 12.7. The molecular weight excluding hydrogens is 394 g/mol. The zero-order valence-electron chi connectivity index (χ0n) is 15.6. The fourth-order valence-electron chi connectivity index (χ4n) is 2.51. The molecule has 0 atom stereocenters. The van der Waals surface area contributed by atoms with Crippen molar-refractivity contribution in [3.8, 4) is 0 Å². The number of oxazole rings is 1. The maximum atomic E-state index is 12.7. The Bertz CT molecular complexity index is 1160. The molecule has 4 rings (SSSR count). The molecule has 0 aliphatic heterocycles. The highest BCUT2D eigenvalue weighted by Crippen LogP contribution is 2.30. The van der Waals surface area contributed by atoms with E-state index < -0.39 is 5.60 Å². The third-order valence-electron chi connectivity index (χ3n) is 4.01. The van der Waals surface area contributed by atoms with E-state index in [2.05, 4.69) is 25.6 Å². The van der Waals surface area contributed by atoms with Gasteiger partial charge in [0.2, 0.25) is 5.89 Å². The number of nitrogens with one attached hydrogen (secondary N) is 1. The highest BCUT2D eigenvalue weighted by atomic mass is 32.2. The van der Waals surface area contributed by atoms with Crippen molar-refractivity contribution < 1.29 is 18.9 Å². The average molecular weight is 411 g/mol. The maximum Gasteiger partial charge on any atom is 0.254 e. The number of pyridine rings is 1. The summed E-state index contributed by atoms with van der Waals surface area (Å²) in [5, 5.41) is 20.9. The average Bonchev–Trinajstić information content (AvgIpc) is 3.35. The fraction of sp³-hybridized carbons (Fsp3) is 0.211. The first-order chi connectivity index (χ1) is 13.9. The van der Waals surface area contributed by atoms with Gasteiger partial charge in [0, 0.05) is 11.1 Å². The molecule has 0 aliphatic carbocycles. The number of hydrogen-bond acceptors (Lipinski definition) is 9. The van der Waals surface area contributed by atoms with E-state index >= 15 is 0 Å². The second-order valence-electron chi connectivity index (χ2n) is 6.73. The third kappa shape index (κ3) is 4.28. The minimum atomic E-state index is -1.14. The molecule has 0 saturated carbocycles. The van der Waals surface area contributed by atoms with Gasteiger partial charge in [-0.05, 0) is 54.5 Å². The predicted molar refractivity (Wildman–Crippen MR) is 103 cm³/mol. The lowest BCUT2D eigenvalue weighted by atomic mass is 10.1. The summed E-state index contributed by atoms with van der Waals surface area (Å²) in [4.78, 5) is 21.9. The summed E-state index contributed by atoms with van der Waals surface area (Å²) in [7, 11) is 0. The smallest absolute Gasteiger partial charge is 0.254 e. The number of benzene rings is 1. The number of rotatable bonds is 6. The van der Waals surface area contributed by atoms with Crippen LogP contribution in [0.1, 0.15) is 35.9 Å². The van der Waals surface area contributed by atoms with Crippen LogP contribution in [0, 0.1) is 0 Å². The molecule has 148 valence electrons. The summed E-state index contributed by atoms with van der Waals surface area (Å²) in [5.74, 6) is 0.322. The van der Waals surface area contributed by atoms with Crippen LogP contribution in [-0.4, -0.2) is 31.3 Å². The topological polar surface area (TPSA) is 127 Å². The van der Waals surface area contributed by atoms with Crippen molar-refractivity contribution in [1.82, 2.24) is 25.6 Å². The van der Waals surface area contributed by atoms with Gasteiger partial charge in [-0.15, -0.1) is 0 Å². The van der Waals surface area contributed by atoms with E-state index in [-0.39, 0.29) is 12.5 Å². The highest BCUT2D eigenvalue weighted by Gasteiger charge is 2.22. The highest BCUT2D eigenvalue weighted by molar-refractivity contribution is 7.99. The van der Waals surface area contributed by atoms with Gasteiger partial charge in [-0.2, -0.15) is 0 Å². The Morgan fingerprint density at radius 2 is 2.03 bits per heavy atom. The first-order valence-electron chi connectivity index (χ1n) is 8.71. The van der Waals surface area contributed by atoms with Crippen molar-refractivity contribution in [2.24, 2.45) is 0 Å². The van der Waals surface area contributed by atoms with E-state index in [1.54, 1.807) is 38.2 Å². The van der Waals surface area contributed by atoms with E-state index in [9.17, 15) is 9.90 Å². The van der Waals surface area contributed by atoms with Gasteiger partial charge in [-0.25, -0.2) is 14.6 Å². The number of hydrogen-bond donors (Lipinski definition) is 2. The van der Waals surface area contributed by atoms with Crippen LogP contribution in [0.4, 0.5) is 0 Å². The van der Waals surface area contributed by atoms with Gasteiger partial charge in [-0.3, -0.25) is 4.79 Å². The number of nitrogens with zero attached hydrogens (tertiary/aromatic N) is 4. The Morgan fingerprint density at radius 1 is 1.21 bits per heavy atom. The van der Waals surface area contributed by atoms with Crippen molar-refractivity contribution in [2.45, 2.75) is 35.9 Å². The van der Waals surface area contributed by atoms with E-state index in [1.165, 1.54) is 18.0 Å². The van der Waals surface area contributed by atoms with Crippen LogP contribution in [0.5, 0.6) is 0 Å². The summed E-state index contributed by atoms with van der Waals surface area (Å²) < 4.78 is 10.2. The minimum absolute atomic E-state index is 0.0878. The van der Waals surface area contributed by atoms with Crippen LogP contribution in [0.25, 0.3) is 11.0 Å². The Morgan fingerprint density at radius 3 is 2.83 bits per heavy atom. The summed E-state index contributed by atoms with van der Waals surface area (Å²) in [6, 6.07) is 8.86. The Hall–Kier alpha value is -3.24. The van der Waals surface area contributed by atoms with Crippen LogP contribution in [0.2, 0.25) is 0 Å². The van der Waals surface area contributed by atoms with Crippen LogP contribution in [0.15, 0.2) is 61.7 Å². The summed E-state index contributed by atoms with van der Waals surface area (Å²) in [5.41, 5.74) is 0.571. The molecule has 1 amide bonds. The van der Waals surface area contributed by atoms with E-state index in [0.717, 1.165) is 4.90 Å². The zero-order chi connectivity index (χ0) is 20.4. The van der Waals surface area contributed by atoms with Gasteiger partial charge < -0.3 is 14.8 Å². The van der Waals surface area contributed by atoms with E-state index in [0.29, 0.717) is 33.3 Å². The summed E-state index contributed by atoms with van der Waals surface area (Å²) in [6.07, 6.45) is 3.07. The third-order valence-corrected chi connectivity index (χ3v) is 5.02. The van der Waals surface area contributed by atoms with Crippen molar-refractivity contribution in [3.63, 3.8) is 0 Å². The molecular formula is C19H17N5O4S. The molecule has 3 heterocycles. The first kappa shape index (κ1) is 19.1. The largest absolute Gasteiger partial charge is 0.441 e. The van der Waals surface area contributed by atoms with E-state index in [1.807, 2.05) is 12.1 Å². The molecule has 0 aliphatic rings. The quantitative estimate of drug-likeness (QED) is 0.492. The molecule has 1 aromatic carbocycles. The molecule has 2 N–H and O–H groups in total. The molecule has 9 nitrogen and oxygen atoms in total. The van der Waals surface area contributed by atoms with Crippen LogP contribution in [-0.2, 0) is 12.1 Å². The second-order valence-corrected chi connectivity index (χ2v) is 7.80. The SMILES string of the molecule is CC(C)(O)c1cnc(CNC(=O)c2cccnc2Sc2ccc3nonc3c2)o1. The van der Waals surface area contributed by atoms with Crippen molar-refractivity contribution in [3.05, 3.63) is 59.9 Å². The van der Waals surface area contributed by atoms with Crippen molar-refractivity contribution in [1.29, 1.82) is 0 Å². The van der Waals surface area contributed by atoms with Crippen molar-refractivity contribution in [2.75, 3.05) is 0 Å².